The van der Waals surface area contributed by atoms with Crippen molar-refractivity contribution in [3.05, 3.63) is 82.5 Å². The van der Waals surface area contributed by atoms with Gasteiger partial charge in [-0.3, -0.25) is 0 Å². The summed E-state index contributed by atoms with van der Waals surface area (Å²) in [7, 11) is 0. The van der Waals surface area contributed by atoms with Crippen LogP contribution in [0.5, 0.6) is 0 Å². The van der Waals surface area contributed by atoms with Gasteiger partial charge >= 0.3 is 0 Å². The molecule has 0 bridgehead atoms. The van der Waals surface area contributed by atoms with Crippen molar-refractivity contribution in [2.24, 2.45) is 5.92 Å². The first-order valence-electron chi connectivity index (χ1n) is 6.48. The van der Waals surface area contributed by atoms with Gasteiger partial charge in [-0.25, -0.2) is 0 Å². The minimum atomic E-state index is 0.479. The Kier molecular flexibility index (Phi) is 2.04. The van der Waals surface area contributed by atoms with Crippen molar-refractivity contribution < 1.29 is 0 Å². The zero-order chi connectivity index (χ0) is 11.9. The number of hydrogen-bond donors (Lipinski definition) is 0. The highest BCUT2D eigenvalue weighted by Crippen LogP contribution is 2.41. The van der Waals surface area contributed by atoms with Crippen LogP contribution in [0.15, 0.2) is 71.4 Å². The highest BCUT2D eigenvalue weighted by Gasteiger charge is 2.26. The smallest absolute Gasteiger partial charge is 0.0305 e. The Balaban J connectivity index is 2.01. The maximum Gasteiger partial charge on any atom is 0.0305 e. The topological polar surface area (TPSA) is 0 Å². The van der Waals surface area contributed by atoms with Crippen LogP contribution in [-0.4, -0.2) is 0 Å². The predicted molar refractivity (Wildman–Crippen MR) is 76.9 cm³/mol. The van der Waals surface area contributed by atoms with Gasteiger partial charge in [-0.15, -0.1) is 0 Å². The Morgan fingerprint density at radius 1 is 0.889 bits per heavy atom. The van der Waals surface area contributed by atoms with Gasteiger partial charge in [0.15, 0.2) is 0 Å². The summed E-state index contributed by atoms with van der Waals surface area (Å²) < 4.78 is 0. The third kappa shape index (κ3) is 1.39. The van der Waals surface area contributed by atoms with Gasteiger partial charge in [-0.2, -0.15) is 0 Å². The van der Waals surface area contributed by atoms with E-state index in [9.17, 15) is 0 Å². The molecule has 4 rings (SSSR count). The third-order valence-electron chi connectivity index (χ3n) is 3.94. The molecule has 0 heterocycles. The second-order valence-corrected chi connectivity index (χ2v) is 5.06. The van der Waals surface area contributed by atoms with Crippen LogP contribution < -0.4 is 0 Å². The Morgan fingerprint density at radius 2 is 1.72 bits per heavy atom. The first-order chi connectivity index (χ1) is 8.92. The number of hydrogen-bond acceptors (Lipinski definition) is 0. The molecule has 0 saturated carbocycles. The maximum absolute atomic E-state index is 2.38. The van der Waals surface area contributed by atoms with E-state index in [1.165, 1.54) is 27.8 Å². The summed E-state index contributed by atoms with van der Waals surface area (Å²) in [4.78, 5) is 0. The second-order valence-electron chi connectivity index (χ2n) is 5.06. The van der Waals surface area contributed by atoms with Crippen molar-refractivity contribution >= 4 is 12.2 Å². The lowest BCUT2D eigenvalue weighted by molar-refractivity contribution is 0.833. The molecule has 0 nitrogen and oxygen atoms in total. The summed E-state index contributed by atoms with van der Waals surface area (Å²) in [6, 6.07) is 8.65. The highest BCUT2D eigenvalue weighted by molar-refractivity contribution is 5.76. The van der Waals surface area contributed by atoms with Gasteiger partial charge < -0.3 is 0 Å². The van der Waals surface area contributed by atoms with Crippen LogP contribution in [0.2, 0.25) is 0 Å². The molecule has 0 N–H and O–H groups in total. The van der Waals surface area contributed by atoms with Gasteiger partial charge in [0.2, 0.25) is 0 Å². The summed E-state index contributed by atoms with van der Waals surface area (Å²) in [5.41, 5.74) is 7.05. The van der Waals surface area contributed by atoms with E-state index in [1.807, 2.05) is 0 Å². The van der Waals surface area contributed by atoms with Crippen molar-refractivity contribution in [3.8, 4) is 0 Å². The molecule has 3 aliphatic carbocycles. The van der Waals surface area contributed by atoms with E-state index in [1.54, 1.807) is 0 Å². The number of allylic oxidation sites excluding steroid dienone is 8. The molecular formula is C18H14. The summed E-state index contributed by atoms with van der Waals surface area (Å²) in [6.07, 6.45) is 17.0. The molecule has 0 aromatic heterocycles. The third-order valence-corrected chi connectivity index (χ3v) is 3.94. The molecule has 1 unspecified atom stereocenters. The fourth-order valence-electron chi connectivity index (χ4n) is 3.11. The molecule has 0 saturated heterocycles. The van der Waals surface area contributed by atoms with Crippen molar-refractivity contribution in [3.63, 3.8) is 0 Å². The lowest BCUT2D eigenvalue weighted by Crippen LogP contribution is -2.13. The van der Waals surface area contributed by atoms with E-state index < -0.39 is 0 Å². The molecule has 1 aromatic carbocycles. The van der Waals surface area contributed by atoms with Gasteiger partial charge in [-0.1, -0.05) is 72.4 Å². The molecule has 0 heteroatoms. The van der Waals surface area contributed by atoms with Crippen molar-refractivity contribution in [1.82, 2.24) is 0 Å². The fraction of sp³-hybridized carbons (Fsp3) is 0.111. The average molecular weight is 230 g/mol. The summed E-state index contributed by atoms with van der Waals surface area (Å²) in [6.45, 7) is 0. The highest BCUT2D eigenvalue weighted by atomic mass is 14.3. The van der Waals surface area contributed by atoms with Crippen molar-refractivity contribution in [2.45, 2.75) is 6.42 Å². The maximum atomic E-state index is 2.38. The quantitative estimate of drug-likeness (QED) is 0.614. The molecule has 1 aromatic rings. The average Bonchev–Trinajstić information content (AvgIpc) is 2.57. The standard InChI is InChI=1S/C18H14/c1-2-6-15-12-17-10-4-8-13-7-3-9-16(18(13)17)11-14(15)5-1/h1-9,11-12,18H,10H2. The van der Waals surface area contributed by atoms with Crippen LogP contribution in [0.3, 0.4) is 0 Å². The zero-order valence-corrected chi connectivity index (χ0v) is 10.1. The molecule has 0 fully saturated rings. The molecule has 0 radical (unpaired) electrons. The molecule has 0 aliphatic heterocycles. The Morgan fingerprint density at radius 3 is 2.61 bits per heavy atom. The van der Waals surface area contributed by atoms with Crippen LogP contribution in [0.25, 0.3) is 12.2 Å². The van der Waals surface area contributed by atoms with Gasteiger partial charge in [0.1, 0.15) is 0 Å². The SMILES string of the molecule is C1=CC2=Cc3ccccc3C=C3CC=CC(=C1)C23. The van der Waals surface area contributed by atoms with Crippen LogP contribution in [-0.2, 0) is 0 Å². The predicted octanol–water partition coefficient (Wildman–Crippen LogP) is 4.54. The Labute approximate surface area is 107 Å². The molecule has 18 heavy (non-hydrogen) atoms. The number of fused-ring (bicyclic) bond motifs is 1. The summed E-state index contributed by atoms with van der Waals surface area (Å²) in [5.74, 6) is 0.479. The normalized spacial score (nSPS) is 23.3. The van der Waals surface area contributed by atoms with E-state index in [4.69, 9.17) is 0 Å². The molecular weight excluding hydrogens is 216 g/mol. The molecule has 3 aliphatic rings. The van der Waals surface area contributed by atoms with Crippen LogP contribution in [0.1, 0.15) is 17.5 Å². The first-order valence-corrected chi connectivity index (χ1v) is 6.48. The minimum absolute atomic E-state index is 0.479. The zero-order valence-electron chi connectivity index (χ0n) is 10.1. The van der Waals surface area contributed by atoms with Crippen molar-refractivity contribution in [2.75, 3.05) is 0 Å². The van der Waals surface area contributed by atoms with E-state index >= 15 is 0 Å². The van der Waals surface area contributed by atoms with Gasteiger partial charge in [0, 0.05) is 5.92 Å². The van der Waals surface area contributed by atoms with Crippen LogP contribution >= 0.6 is 0 Å². The first kappa shape index (κ1) is 9.90. The van der Waals surface area contributed by atoms with E-state index in [0.29, 0.717) is 5.92 Å². The Bertz CT molecular complexity index is 663. The largest absolute Gasteiger partial charge is 0.0801 e. The number of rotatable bonds is 0. The number of benzene rings is 1. The van der Waals surface area contributed by atoms with E-state index in [0.717, 1.165) is 6.42 Å². The lowest BCUT2D eigenvalue weighted by Gasteiger charge is -2.27. The van der Waals surface area contributed by atoms with Crippen molar-refractivity contribution in [1.29, 1.82) is 0 Å². The molecule has 0 amide bonds. The Hall–Kier alpha value is -2.08. The minimum Gasteiger partial charge on any atom is -0.0801 e. The molecule has 1 atom stereocenters. The fourth-order valence-corrected chi connectivity index (χ4v) is 3.11. The van der Waals surface area contributed by atoms with E-state index in [-0.39, 0.29) is 0 Å². The monoisotopic (exact) mass is 230 g/mol. The second kappa shape index (κ2) is 3.71. The van der Waals surface area contributed by atoms with Gasteiger partial charge in [0.25, 0.3) is 0 Å². The summed E-state index contributed by atoms with van der Waals surface area (Å²) >= 11 is 0. The molecule has 0 spiro atoms. The van der Waals surface area contributed by atoms with Crippen LogP contribution in [0, 0.1) is 5.92 Å². The van der Waals surface area contributed by atoms with E-state index in [2.05, 4.69) is 66.8 Å². The van der Waals surface area contributed by atoms with Crippen LogP contribution in [0.4, 0.5) is 0 Å². The van der Waals surface area contributed by atoms with Gasteiger partial charge in [-0.05, 0) is 28.7 Å². The van der Waals surface area contributed by atoms with Gasteiger partial charge in [0.05, 0.1) is 0 Å². The summed E-state index contributed by atoms with van der Waals surface area (Å²) in [5, 5.41) is 0. The molecule has 86 valence electrons. The lowest BCUT2D eigenvalue weighted by atomic mass is 9.77.